The normalized spacial score (nSPS) is 12.2. The zero-order valence-corrected chi connectivity index (χ0v) is 13.1. The molecule has 1 aromatic carbocycles. The first kappa shape index (κ1) is 14.3. The second-order valence-electron chi connectivity index (χ2n) is 4.20. The van der Waals surface area contributed by atoms with E-state index in [-0.39, 0.29) is 4.83 Å². The third kappa shape index (κ3) is 3.45. The van der Waals surface area contributed by atoms with E-state index in [4.69, 9.17) is 16.3 Å². The number of methoxy groups -OCH3 is 1. The van der Waals surface area contributed by atoms with Crippen LogP contribution in [0.2, 0.25) is 5.02 Å². The van der Waals surface area contributed by atoms with Crippen molar-refractivity contribution in [3.05, 3.63) is 52.4 Å². The Labute approximate surface area is 126 Å². The number of rotatable bonds is 4. The molecule has 2 aromatic rings. The summed E-state index contributed by atoms with van der Waals surface area (Å²) in [5, 5.41) is 0.797. The van der Waals surface area contributed by atoms with E-state index in [2.05, 4.69) is 25.9 Å². The molecule has 1 atom stereocenters. The minimum Gasteiger partial charge on any atom is -0.481 e. The highest BCUT2D eigenvalue weighted by atomic mass is 79.9. The van der Waals surface area contributed by atoms with E-state index in [0.29, 0.717) is 5.88 Å². The molecule has 0 aliphatic carbocycles. The van der Waals surface area contributed by atoms with Crippen LogP contribution < -0.4 is 4.74 Å². The van der Waals surface area contributed by atoms with Gasteiger partial charge in [-0.2, -0.15) is 0 Å². The number of hydrogen-bond acceptors (Lipinski definition) is 3. The second-order valence-corrected chi connectivity index (χ2v) is 5.68. The van der Waals surface area contributed by atoms with Crippen molar-refractivity contribution in [2.24, 2.45) is 0 Å². The van der Waals surface area contributed by atoms with Gasteiger partial charge in [0.15, 0.2) is 0 Å². The Balaban J connectivity index is 2.20. The summed E-state index contributed by atoms with van der Waals surface area (Å²) >= 11 is 9.99. The minimum atomic E-state index is 0.111. The van der Waals surface area contributed by atoms with Gasteiger partial charge in [-0.25, -0.2) is 9.97 Å². The Morgan fingerprint density at radius 1 is 1.37 bits per heavy atom. The summed E-state index contributed by atoms with van der Waals surface area (Å²) in [6, 6.07) is 7.86. The average molecular weight is 342 g/mol. The minimum absolute atomic E-state index is 0.111. The molecule has 0 saturated carbocycles. The molecule has 0 radical (unpaired) electrons. The largest absolute Gasteiger partial charge is 0.481 e. The molecule has 0 saturated heterocycles. The van der Waals surface area contributed by atoms with Gasteiger partial charge in [-0.05, 0) is 18.1 Å². The molecule has 100 valence electrons. The van der Waals surface area contributed by atoms with Gasteiger partial charge >= 0.3 is 0 Å². The lowest BCUT2D eigenvalue weighted by atomic mass is 10.1. The average Bonchev–Trinajstić information content (AvgIpc) is 2.42. The molecule has 1 aromatic heterocycles. The highest BCUT2D eigenvalue weighted by Gasteiger charge is 2.14. The Hall–Kier alpha value is -1.13. The van der Waals surface area contributed by atoms with Gasteiger partial charge in [0, 0.05) is 28.0 Å². The van der Waals surface area contributed by atoms with Crippen LogP contribution in [0.1, 0.15) is 21.6 Å². The summed E-state index contributed by atoms with van der Waals surface area (Å²) in [5.74, 6) is 0.569. The summed E-state index contributed by atoms with van der Waals surface area (Å²) in [4.78, 5) is 8.35. The number of ether oxygens (including phenoxy) is 1. The quantitative estimate of drug-likeness (QED) is 0.784. The summed E-state index contributed by atoms with van der Waals surface area (Å²) in [7, 11) is 1.59. The monoisotopic (exact) mass is 340 g/mol. The topological polar surface area (TPSA) is 35.0 Å². The predicted octanol–water partition coefficient (Wildman–Crippen LogP) is 4.13. The molecule has 0 aliphatic heterocycles. The zero-order chi connectivity index (χ0) is 13.8. The van der Waals surface area contributed by atoms with Gasteiger partial charge in [-0.1, -0.05) is 45.7 Å². The molecule has 0 aliphatic rings. The van der Waals surface area contributed by atoms with Crippen molar-refractivity contribution in [2.75, 3.05) is 7.11 Å². The van der Waals surface area contributed by atoms with Crippen molar-refractivity contribution in [1.82, 2.24) is 9.97 Å². The Morgan fingerprint density at radius 3 is 2.89 bits per heavy atom. The predicted molar refractivity (Wildman–Crippen MR) is 80.1 cm³/mol. The van der Waals surface area contributed by atoms with Crippen LogP contribution >= 0.6 is 27.5 Å². The maximum Gasteiger partial charge on any atom is 0.216 e. The summed E-state index contributed by atoms with van der Waals surface area (Å²) in [5.41, 5.74) is 3.05. The fraction of sp³-hybridized carbons (Fsp3) is 0.286. The zero-order valence-electron chi connectivity index (χ0n) is 10.7. The van der Waals surface area contributed by atoms with E-state index in [1.807, 2.05) is 31.2 Å². The van der Waals surface area contributed by atoms with E-state index in [0.717, 1.165) is 28.3 Å². The maximum absolute atomic E-state index is 6.33. The number of benzene rings is 1. The third-order valence-electron chi connectivity index (χ3n) is 2.86. The van der Waals surface area contributed by atoms with E-state index < -0.39 is 0 Å². The van der Waals surface area contributed by atoms with Crippen molar-refractivity contribution in [2.45, 2.75) is 18.2 Å². The Morgan fingerprint density at radius 2 is 2.16 bits per heavy atom. The number of aromatic nitrogens is 2. The van der Waals surface area contributed by atoms with Gasteiger partial charge in [0.05, 0.1) is 7.11 Å². The molecule has 2 rings (SSSR count). The molecule has 0 fully saturated rings. The van der Waals surface area contributed by atoms with Crippen LogP contribution in [0.4, 0.5) is 0 Å². The Kier molecular flexibility index (Phi) is 4.77. The molecule has 19 heavy (non-hydrogen) atoms. The van der Waals surface area contributed by atoms with Crippen molar-refractivity contribution in [1.29, 1.82) is 0 Å². The summed E-state index contributed by atoms with van der Waals surface area (Å²) in [6.45, 7) is 2.00. The summed E-state index contributed by atoms with van der Waals surface area (Å²) < 4.78 is 5.09. The number of aryl methyl sites for hydroxylation is 1. The smallest absolute Gasteiger partial charge is 0.216 e. The van der Waals surface area contributed by atoms with Crippen molar-refractivity contribution in [3.63, 3.8) is 0 Å². The number of nitrogens with zero attached hydrogens (tertiary/aromatic N) is 2. The van der Waals surface area contributed by atoms with Gasteiger partial charge < -0.3 is 4.74 Å². The number of hydrogen-bond donors (Lipinski definition) is 0. The first-order valence-electron chi connectivity index (χ1n) is 5.86. The molecule has 1 heterocycles. The number of halogens is 2. The molecule has 5 heteroatoms. The molecule has 0 amide bonds. The highest BCUT2D eigenvalue weighted by molar-refractivity contribution is 9.09. The van der Waals surface area contributed by atoms with Gasteiger partial charge in [-0.3, -0.25) is 0 Å². The SMILES string of the molecule is COc1cc(CC(Br)c2cccc(C)c2Cl)ncn1. The molecular weight excluding hydrogens is 328 g/mol. The first-order valence-corrected chi connectivity index (χ1v) is 7.15. The molecular formula is C14H14BrClN2O. The van der Waals surface area contributed by atoms with Crippen molar-refractivity contribution < 1.29 is 4.74 Å². The summed E-state index contributed by atoms with van der Waals surface area (Å²) in [6.07, 6.45) is 2.23. The molecule has 0 bridgehead atoms. The molecule has 1 unspecified atom stereocenters. The third-order valence-corrected chi connectivity index (χ3v) is 4.19. The van der Waals surface area contributed by atoms with Crippen LogP contribution in [-0.4, -0.2) is 17.1 Å². The lowest BCUT2D eigenvalue weighted by molar-refractivity contribution is 0.396. The van der Waals surface area contributed by atoms with E-state index in [9.17, 15) is 0 Å². The fourth-order valence-corrected chi connectivity index (χ4v) is 2.91. The van der Waals surface area contributed by atoms with Crippen LogP contribution in [-0.2, 0) is 6.42 Å². The molecule has 0 spiro atoms. The van der Waals surface area contributed by atoms with E-state index >= 15 is 0 Å². The van der Waals surface area contributed by atoms with Gasteiger partial charge in [0.1, 0.15) is 6.33 Å². The standard InChI is InChI=1S/C14H14BrClN2O/c1-9-4-3-5-11(14(9)16)12(15)6-10-7-13(19-2)18-8-17-10/h3-5,7-8,12H,6H2,1-2H3. The van der Waals surface area contributed by atoms with Gasteiger partial charge in [-0.15, -0.1) is 0 Å². The first-order chi connectivity index (χ1) is 9.11. The lowest BCUT2D eigenvalue weighted by Gasteiger charge is -2.13. The van der Waals surface area contributed by atoms with Crippen LogP contribution in [0.25, 0.3) is 0 Å². The van der Waals surface area contributed by atoms with Gasteiger partial charge in [0.2, 0.25) is 5.88 Å². The van der Waals surface area contributed by atoms with Crippen LogP contribution in [0, 0.1) is 6.92 Å². The van der Waals surface area contributed by atoms with Crippen LogP contribution in [0.3, 0.4) is 0 Å². The van der Waals surface area contributed by atoms with E-state index in [1.54, 1.807) is 7.11 Å². The highest BCUT2D eigenvalue weighted by Crippen LogP contribution is 2.33. The van der Waals surface area contributed by atoms with Crippen LogP contribution in [0.5, 0.6) is 5.88 Å². The Bertz CT molecular complexity index is 577. The van der Waals surface area contributed by atoms with Crippen molar-refractivity contribution >= 4 is 27.5 Å². The second kappa shape index (κ2) is 6.35. The fourth-order valence-electron chi connectivity index (χ4n) is 1.81. The van der Waals surface area contributed by atoms with Crippen molar-refractivity contribution in [3.8, 4) is 5.88 Å². The van der Waals surface area contributed by atoms with Crippen LogP contribution in [0.15, 0.2) is 30.6 Å². The number of alkyl halides is 1. The lowest BCUT2D eigenvalue weighted by Crippen LogP contribution is -2.00. The molecule has 3 nitrogen and oxygen atoms in total. The van der Waals surface area contributed by atoms with Gasteiger partial charge in [0.25, 0.3) is 0 Å². The molecule has 0 N–H and O–H groups in total. The maximum atomic E-state index is 6.33. The van der Waals surface area contributed by atoms with E-state index in [1.165, 1.54) is 6.33 Å².